The van der Waals surface area contributed by atoms with E-state index >= 15 is 0 Å². The van der Waals surface area contributed by atoms with E-state index in [-0.39, 0.29) is 22.7 Å². The number of benzene rings is 1. The fraction of sp³-hybridized carbons (Fsp3) is 0.200. The van der Waals surface area contributed by atoms with Gasteiger partial charge in [-0.2, -0.15) is 13.2 Å². The van der Waals surface area contributed by atoms with Crippen LogP contribution in [0.25, 0.3) is 0 Å². The zero-order chi connectivity index (χ0) is 22.9. The number of nitrogens with one attached hydrogen (secondary N) is 1. The molecule has 1 aliphatic rings. The number of hydrogen-bond acceptors (Lipinski definition) is 5. The highest BCUT2D eigenvalue weighted by Crippen LogP contribution is 2.36. The smallest absolute Gasteiger partial charge is 0.416 e. The number of carbonyl (C=O) groups excluding carboxylic acids is 3. The van der Waals surface area contributed by atoms with Gasteiger partial charge < -0.3 is 15.8 Å². The van der Waals surface area contributed by atoms with Crippen molar-refractivity contribution < 1.29 is 32.3 Å². The van der Waals surface area contributed by atoms with E-state index in [0.717, 1.165) is 30.2 Å². The number of carbonyl (C=O) groups is 3. The Morgan fingerprint density at radius 1 is 1.23 bits per heavy atom. The zero-order valence-electron chi connectivity index (χ0n) is 16.4. The van der Waals surface area contributed by atoms with E-state index in [1.165, 1.54) is 31.3 Å². The number of nitrogens with two attached hydrogens (primary N) is 1. The van der Waals surface area contributed by atoms with Gasteiger partial charge in [-0.25, -0.2) is 9.59 Å². The molecule has 1 atom stereocenters. The van der Waals surface area contributed by atoms with E-state index in [1.54, 1.807) is 0 Å². The fourth-order valence-electron chi connectivity index (χ4n) is 3.22. The van der Waals surface area contributed by atoms with Gasteiger partial charge in [0.05, 0.1) is 30.0 Å². The van der Waals surface area contributed by atoms with Gasteiger partial charge in [-0.05, 0) is 36.8 Å². The van der Waals surface area contributed by atoms with Crippen LogP contribution in [-0.2, 0) is 15.7 Å². The summed E-state index contributed by atoms with van der Waals surface area (Å²) in [6.45, 7) is 1.42. The lowest BCUT2D eigenvalue weighted by Crippen LogP contribution is -2.48. The first-order valence-corrected chi connectivity index (χ1v) is 8.87. The van der Waals surface area contributed by atoms with Gasteiger partial charge in [-0.15, -0.1) is 0 Å². The highest BCUT2D eigenvalue weighted by Gasteiger charge is 2.38. The molecule has 162 valence electrons. The van der Waals surface area contributed by atoms with Crippen molar-refractivity contribution in [2.24, 2.45) is 5.73 Å². The molecule has 1 aromatic carbocycles. The topological polar surface area (TPSA) is 115 Å². The minimum Gasteiger partial charge on any atom is -0.466 e. The summed E-state index contributed by atoms with van der Waals surface area (Å²) in [5.74, 6) is -1.55. The van der Waals surface area contributed by atoms with Crippen LogP contribution in [0.2, 0.25) is 0 Å². The van der Waals surface area contributed by atoms with Crippen LogP contribution >= 0.6 is 0 Å². The molecule has 0 spiro atoms. The van der Waals surface area contributed by atoms with Crippen molar-refractivity contribution in [2.45, 2.75) is 19.1 Å². The quantitative estimate of drug-likeness (QED) is 0.718. The molecule has 1 unspecified atom stereocenters. The number of nitrogens with zero attached hydrogens (tertiary/aromatic N) is 2. The third-order valence-electron chi connectivity index (χ3n) is 4.69. The van der Waals surface area contributed by atoms with Gasteiger partial charge in [0.15, 0.2) is 0 Å². The van der Waals surface area contributed by atoms with Crippen molar-refractivity contribution in [3.05, 3.63) is 70.7 Å². The standard InChI is InChI=1S/C20H17F3N4O4/c1-10-15(18(29)31-2)16(11-6-7-14(17(24)28)25-9-11)26-19(30)27(10)13-5-3-4-12(8-13)20(21,22)23/h3-9,16H,1-2H3,(H2,24,28)(H,26,30). The highest BCUT2D eigenvalue weighted by molar-refractivity contribution is 6.03. The van der Waals surface area contributed by atoms with Crippen molar-refractivity contribution in [1.29, 1.82) is 0 Å². The Labute approximate surface area is 174 Å². The van der Waals surface area contributed by atoms with Crippen molar-refractivity contribution in [3.63, 3.8) is 0 Å². The average molecular weight is 434 g/mol. The molecule has 0 saturated heterocycles. The van der Waals surface area contributed by atoms with Crippen LogP contribution in [0.1, 0.15) is 34.6 Å². The molecular weight excluding hydrogens is 417 g/mol. The number of urea groups is 1. The number of ether oxygens (including phenoxy) is 1. The lowest BCUT2D eigenvalue weighted by molar-refractivity contribution is -0.138. The number of allylic oxidation sites excluding steroid dienone is 1. The van der Waals surface area contributed by atoms with Crippen LogP contribution in [0.15, 0.2) is 53.9 Å². The van der Waals surface area contributed by atoms with Crippen molar-refractivity contribution in [3.8, 4) is 0 Å². The maximum atomic E-state index is 13.1. The van der Waals surface area contributed by atoms with E-state index in [9.17, 15) is 27.6 Å². The second-order valence-electron chi connectivity index (χ2n) is 6.60. The number of rotatable bonds is 4. The van der Waals surface area contributed by atoms with Crippen molar-refractivity contribution >= 4 is 23.6 Å². The summed E-state index contributed by atoms with van der Waals surface area (Å²) < 4.78 is 44.2. The van der Waals surface area contributed by atoms with Gasteiger partial charge in [-0.3, -0.25) is 14.7 Å². The number of hydrogen-bond donors (Lipinski definition) is 2. The van der Waals surface area contributed by atoms with Crippen molar-refractivity contribution in [2.75, 3.05) is 12.0 Å². The molecule has 8 nitrogen and oxygen atoms in total. The van der Waals surface area contributed by atoms with Gasteiger partial charge in [0, 0.05) is 11.9 Å². The van der Waals surface area contributed by atoms with E-state index in [4.69, 9.17) is 10.5 Å². The number of halogens is 3. The molecule has 0 bridgehead atoms. The Kier molecular flexibility index (Phi) is 5.69. The summed E-state index contributed by atoms with van der Waals surface area (Å²) >= 11 is 0. The largest absolute Gasteiger partial charge is 0.466 e. The minimum atomic E-state index is -4.61. The van der Waals surface area contributed by atoms with Crippen LogP contribution in [0, 0.1) is 0 Å². The van der Waals surface area contributed by atoms with Gasteiger partial charge >= 0.3 is 18.2 Å². The maximum absolute atomic E-state index is 13.1. The number of amides is 3. The first-order valence-electron chi connectivity index (χ1n) is 8.87. The van der Waals surface area contributed by atoms with Crippen LogP contribution in [0.4, 0.5) is 23.7 Å². The molecule has 3 rings (SSSR count). The molecule has 11 heteroatoms. The second kappa shape index (κ2) is 8.09. The van der Waals surface area contributed by atoms with Crippen LogP contribution < -0.4 is 16.0 Å². The zero-order valence-corrected chi connectivity index (χ0v) is 16.4. The molecule has 1 aliphatic heterocycles. The van der Waals surface area contributed by atoms with Gasteiger partial charge in [0.25, 0.3) is 5.91 Å². The van der Waals surface area contributed by atoms with E-state index in [2.05, 4.69) is 10.3 Å². The minimum absolute atomic E-state index is 0.00635. The number of esters is 1. The van der Waals surface area contributed by atoms with Crippen LogP contribution in [0.3, 0.4) is 0 Å². The van der Waals surface area contributed by atoms with Gasteiger partial charge in [0.1, 0.15) is 5.69 Å². The molecular formula is C20H17F3N4O4. The molecule has 3 amide bonds. The van der Waals surface area contributed by atoms with Crippen LogP contribution in [-0.4, -0.2) is 30.0 Å². The number of pyridine rings is 1. The normalized spacial score (nSPS) is 16.7. The third-order valence-corrected chi connectivity index (χ3v) is 4.69. The number of primary amides is 1. The highest BCUT2D eigenvalue weighted by atomic mass is 19.4. The number of alkyl halides is 3. The van der Waals surface area contributed by atoms with Gasteiger partial charge in [-0.1, -0.05) is 12.1 Å². The molecule has 0 saturated carbocycles. The summed E-state index contributed by atoms with van der Waals surface area (Å²) in [4.78, 5) is 41.4. The fourth-order valence-corrected chi connectivity index (χ4v) is 3.22. The molecule has 1 aromatic heterocycles. The first kappa shape index (κ1) is 21.8. The van der Waals surface area contributed by atoms with E-state index in [0.29, 0.717) is 5.56 Å². The SMILES string of the molecule is COC(=O)C1=C(C)N(c2cccc(C(F)(F)F)c2)C(=O)NC1c1ccc(C(N)=O)nc1. The number of anilines is 1. The van der Waals surface area contributed by atoms with Gasteiger partial charge in [0.2, 0.25) is 0 Å². The second-order valence-corrected chi connectivity index (χ2v) is 6.60. The van der Waals surface area contributed by atoms with E-state index < -0.39 is 35.7 Å². The van der Waals surface area contributed by atoms with Crippen molar-refractivity contribution in [1.82, 2.24) is 10.3 Å². The Balaban J connectivity index is 2.11. The summed E-state index contributed by atoms with van der Waals surface area (Å²) in [7, 11) is 1.14. The number of methoxy groups -OCH3 is 1. The Hall–Kier alpha value is -3.89. The number of aromatic nitrogens is 1. The molecule has 2 heterocycles. The predicted molar refractivity (Wildman–Crippen MR) is 103 cm³/mol. The molecule has 3 N–H and O–H groups in total. The lowest BCUT2D eigenvalue weighted by atomic mass is 9.95. The lowest BCUT2D eigenvalue weighted by Gasteiger charge is -2.35. The van der Waals surface area contributed by atoms with Crippen LogP contribution in [0.5, 0.6) is 0 Å². The monoisotopic (exact) mass is 434 g/mol. The Morgan fingerprint density at radius 3 is 2.48 bits per heavy atom. The maximum Gasteiger partial charge on any atom is 0.416 e. The predicted octanol–water partition coefficient (Wildman–Crippen LogP) is 2.92. The molecule has 0 fully saturated rings. The molecule has 0 aliphatic carbocycles. The van der Waals surface area contributed by atoms with E-state index in [1.807, 2.05) is 0 Å². The molecule has 0 radical (unpaired) electrons. The first-order chi connectivity index (χ1) is 14.5. The summed E-state index contributed by atoms with van der Waals surface area (Å²) in [5.41, 5.74) is 4.55. The summed E-state index contributed by atoms with van der Waals surface area (Å²) in [6, 6.07) is 5.18. The summed E-state index contributed by atoms with van der Waals surface area (Å²) in [5, 5.41) is 2.57. The average Bonchev–Trinajstić information content (AvgIpc) is 2.72. The Morgan fingerprint density at radius 2 is 1.94 bits per heavy atom. The third kappa shape index (κ3) is 4.20. The molecule has 31 heavy (non-hydrogen) atoms. The summed E-state index contributed by atoms with van der Waals surface area (Å²) in [6.07, 6.45) is -3.34. The Bertz CT molecular complexity index is 1080. The molecule has 2 aromatic rings.